The summed E-state index contributed by atoms with van der Waals surface area (Å²) in [5.41, 5.74) is 1.53. The van der Waals surface area contributed by atoms with Gasteiger partial charge in [0.25, 0.3) is 0 Å². The molecule has 2 aromatic carbocycles. The smallest absolute Gasteiger partial charge is 0.337 e. The van der Waals surface area contributed by atoms with Crippen molar-refractivity contribution in [3.05, 3.63) is 53.6 Å². The summed E-state index contributed by atoms with van der Waals surface area (Å²) in [7, 11) is 2.81. The molecule has 0 aliphatic rings. The highest BCUT2D eigenvalue weighted by Gasteiger charge is 2.06. The maximum atomic E-state index is 11.4. The molecule has 2 rings (SSSR count). The van der Waals surface area contributed by atoms with E-state index >= 15 is 0 Å². The normalized spacial score (nSPS) is 10.6. The van der Waals surface area contributed by atoms with Crippen LogP contribution in [-0.4, -0.2) is 31.5 Å². The first-order valence-electron chi connectivity index (χ1n) is 6.24. The highest BCUT2D eigenvalue weighted by Crippen LogP contribution is 2.28. The molecule has 2 aromatic rings. The summed E-state index contributed by atoms with van der Waals surface area (Å²) >= 11 is 0. The number of rotatable bonds is 4. The zero-order chi connectivity index (χ0) is 15.2. The van der Waals surface area contributed by atoms with Crippen LogP contribution in [-0.2, 0) is 4.74 Å². The first-order chi connectivity index (χ1) is 10.2. The SMILES string of the molecule is COC(=O)c1cccc(N=Cc2cccc(OC)c2O)c1. The van der Waals surface area contributed by atoms with Crippen LogP contribution in [0, 0.1) is 0 Å². The number of phenolic OH excluding ortho intramolecular Hbond substituents is 1. The van der Waals surface area contributed by atoms with Gasteiger partial charge in [-0.25, -0.2) is 4.79 Å². The van der Waals surface area contributed by atoms with Gasteiger partial charge in [-0.2, -0.15) is 0 Å². The highest BCUT2D eigenvalue weighted by molar-refractivity contribution is 5.91. The van der Waals surface area contributed by atoms with Gasteiger partial charge >= 0.3 is 5.97 Å². The fraction of sp³-hybridized carbons (Fsp3) is 0.125. The summed E-state index contributed by atoms with van der Waals surface area (Å²) in [4.78, 5) is 15.7. The second kappa shape index (κ2) is 6.56. The number of carbonyl (C=O) groups excluding carboxylic acids is 1. The molecule has 0 fully saturated rings. The van der Waals surface area contributed by atoms with Gasteiger partial charge < -0.3 is 14.6 Å². The van der Waals surface area contributed by atoms with Crippen molar-refractivity contribution in [2.24, 2.45) is 4.99 Å². The predicted octanol–water partition coefficient (Wildman–Crippen LogP) is 2.94. The van der Waals surface area contributed by atoms with Gasteiger partial charge in [0.2, 0.25) is 0 Å². The number of esters is 1. The third-order valence-corrected chi connectivity index (χ3v) is 2.87. The number of carbonyl (C=O) groups is 1. The van der Waals surface area contributed by atoms with Crippen LogP contribution in [0.5, 0.6) is 11.5 Å². The number of hydrogen-bond donors (Lipinski definition) is 1. The monoisotopic (exact) mass is 285 g/mol. The third-order valence-electron chi connectivity index (χ3n) is 2.87. The van der Waals surface area contributed by atoms with Crippen LogP contribution in [0.3, 0.4) is 0 Å². The van der Waals surface area contributed by atoms with Crippen LogP contribution < -0.4 is 4.74 Å². The second-order valence-corrected chi connectivity index (χ2v) is 4.20. The van der Waals surface area contributed by atoms with E-state index in [1.165, 1.54) is 20.4 Å². The summed E-state index contributed by atoms with van der Waals surface area (Å²) in [6.07, 6.45) is 1.51. The van der Waals surface area contributed by atoms with Crippen LogP contribution in [0.25, 0.3) is 0 Å². The lowest BCUT2D eigenvalue weighted by atomic mass is 10.2. The number of methoxy groups -OCH3 is 2. The number of ether oxygens (including phenoxy) is 2. The first-order valence-corrected chi connectivity index (χ1v) is 6.24. The van der Waals surface area contributed by atoms with Crippen LogP contribution in [0.4, 0.5) is 5.69 Å². The second-order valence-electron chi connectivity index (χ2n) is 4.20. The molecule has 5 heteroatoms. The fourth-order valence-corrected chi connectivity index (χ4v) is 1.78. The van der Waals surface area contributed by atoms with Crippen molar-refractivity contribution in [3.63, 3.8) is 0 Å². The minimum Gasteiger partial charge on any atom is -0.504 e. The van der Waals surface area contributed by atoms with Gasteiger partial charge in [-0.1, -0.05) is 12.1 Å². The zero-order valence-corrected chi connectivity index (χ0v) is 11.7. The van der Waals surface area contributed by atoms with Gasteiger partial charge in [-0.05, 0) is 30.3 Å². The number of hydrogen-bond acceptors (Lipinski definition) is 5. The molecule has 0 aliphatic carbocycles. The van der Waals surface area contributed by atoms with E-state index in [9.17, 15) is 9.90 Å². The predicted molar refractivity (Wildman–Crippen MR) is 79.7 cm³/mol. The molecular formula is C16H15NO4. The Morgan fingerprint density at radius 2 is 1.95 bits per heavy atom. The standard InChI is InChI=1S/C16H15NO4/c1-20-14-8-4-6-12(15(14)18)10-17-13-7-3-5-11(9-13)16(19)21-2/h3-10,18H,1-2H3. The fourth-order valence-electron chi connectivity index (χ4n) is 1.78. The maximum absolute atomic E-state index is 11.4. The van der Waals surface area contributed by atoms with Crippen molar-refractivity contribution >= 4 is 17.9 Å². The third kappa shape index (κ3) is 3.39. The van der Waals surface area contributed by atoms with Crippen molar-refractivity contribution in [1.29, 1.82) is 0 Å². The van der Waals surface area contributed by atoms with Crippen molar-refractivity contribution in [3.8, 4) is 11.5 Å². The van der Waals surface area contributed by atoms with Gasteiger partial charge in [-0.3, -0.25) is 4.99 Å². The Balaban J connectivity index is 2.28. The first kappa shape index (κ1) is 14.6. The lowest BCUT2D eigenvalue weighted by molar-refractivity contribution is 0.0601. The highest BCUT2D eigenvalue weighted by atomic mass is 16.5. The van der Waals surface area contributed by atoms with Gasteiger partial charge in [0.1, 0.15) is 0 Å². The molecule has 108 valence electrons. The van der Waals surface area contributed by atoms with Crippen LogP contribution in [0.2, 0.25) is 0 Å². The van der Waals surface area contributed by atoms with Gasteiger partial charge in [-0.15, -0.1) is 0 Å². The number of aromatic hydroxyl groups is 1. The molecule has 0 radical (unpaired) electrons. The molecule has 0 aliphatic heterocycles. The zero-order valence-electron chi connectivity index (χ0n) is 11.7. The van der Waals surface area contributed by atoms with Gasteiger partial charge in [0.05, 0.1) is 25.5 Å². The Labute approximate surface area is 122 Å². The molecule has 21 heavy (non-hydrogen) atoms. The van der Waals surface area contributed by atoms with Crippen LogP contribution in [0.1, 0.15) is 15.9 Å². The summed E-state index contributed by atoms with van der Waals surface area (Å²) in [5, 5.41) is 9.96. The molecule has 0 spiro atoms. The lowest BCUT2D eigenvalue weighted by Crippen LogP contribution is -2.00. The van der Waals surface area contributed by atoms with Crippen LogP contribution in [0.15, 0.2) is 47.5 Å². The van der Waals surface area contributed by atoms with Crippen molar-refractivity contribution in [2.45, 2.75) is 0 Å². The lowest BCUT2D eigenvalue weighted by Gasteiger charge is -2.05. The average molecular weight is 285 g/mol. The maximum Gasteiger partial charge on any atom is 0.337 e. The minimum atomic E-state index is -0.420. The van der Waals surface area contributed by atoms with E-state index in [0.29, 0.717) is 22.6 Å². The van der Waals surface area contributed by atoms with Gasteiger partial charge in [0, 0.05) is 11.8 Å². The molecule has 1 N–H and O–H groups in total. The van der Waals surface area contributed by atoms with Crippen LogP contribution >= 0.6 is 0 Å². The Morgan fingerprint density at radius 3 is 2.67 bits per heavy atom. The minimum absolute atomic E-state index is 0.0212. The molecule has 0 aromatic heterocycles. The molecule has 0 bridgehead atoms. The number of nitrogens with zero attached hydrogens (tertiary/aromatic N) is 1. The van der Waals surface area contributed by atoms with E-state index in [4.69, 9.17) is 4.74 Å². The van der Waals surface area contributed by atoms with E-state index in [1.807, 2.05) is 0 Å². The molecule has 5 nitrogen and oxygen atoms in total. The Morgan fingerprint density at radius 1 is 1.19 bits per heavy atom. The van der Waals surface area contributed by atoms with E-state index in [2.05, 4.69) is 9.73 Å². The molecule has 0 saturated carbocycles. The quantitative estimate of drug-likeness (QED) is 0.692. The van der Waals surface area contributed by atoms with Crippen molar-refractivity contribution in [1.82, 2.24) is 0 Å². The summed E-state index contributed by atoms with van der Waals surface area (Å²) in [5.74, 6) is -0.0218. The van der Waals surface area contributed by atoms with E-state index in [1.54, 1.807) is 42.5 Å². The molecule has 0 amide bonds. The average Bonchev–Trinajstić information content (AvgIpc) is 2.53. The Kier molecular flexibility index (Phi) is 4.56. The van der Waals surface area contributed by atoms with E-state index < -0.39 is 5.97 Å². The largest absolute Gasteiger partial charge is 0.504 e. The number of benzene rings is 2. The van der Waals surface area contributed by atoms with Gasteiger partial charge in [0.15, 0.2) is 11.5 Å². The Bertz CT molecular complexity index is 680. The Hall–Kier alpha value is -2.82. The summed E-state index contributed by atoms with van der Waals surface area (Å²) in [6, 6.07) is 11.8. The summed E-state index contributed by atoms with van der Waals surface area (Å²) < 4.78 is 9.69. The molecule has 0 heterocycles. The molecule has 0 unspecified atom stereocenters. The van der Waals surface area contributed by atoms with E-state index in [-0.39, 0.29) is 5.75 Å². The number of phenols is 1. The number of aliphatic imine (C=N–C) groups is 1. The molecular weight excluding hydrogens is 270 g/mol. The number of para-hydroxylation sites is 1. The molecule has 0 saturated heterocycles. The summed E-state index contributed by atoms with van der Waals surface area (Å²) in [6.45, 7) is 0. The van der Waals surface area contributed by atoms with E-state index in [0.717, 1.165) is 0 Å². The molecule has 0 atom stereocenters. The topological polar surface area (TPSA) is 68.1 Å². The van der Waals surface area contributed by atoms with Crippen molar-refractivity contribution < 1.29 is 19.4 Å². The van der Waals surface area contributed by atoms with Crippen molar-refractivity contribution in [2.75, 3.05) is 14.2 Å².